The predicted molar refractivity (Wildman–Crippen MR) is 55.5 cm³/mol. The molecule has 0 radical (unpaired) electrons. The van der Waals surface area contributed by atoms with E-state index in [0.29, 0.717) is 12.5 Å². The molecule has 2 nitrogen and oxygen atoms in total. The van der Waals surface area contributed by atoms with E-state index in [1.54, 1.807) is 0 Å². The number of aliphatic hydroxyl groups is 1. The monoisotopic (exact) mass is 185 g/mol. The lowest BCUT2D eigenvalue weighted by Crippen LogP contribution is -2.24. The van der Waals surface area contributed by atoms with Gasteiger partial charge in [0.1, 0.15) is 0 Å². The van der Waals surface area contributed by atoms with E-state index < -0.39 is 0 Å². The van der Waals surface area contributed by atoms with Crippen LogP contribution in [-0.4, -0.2) is 17.8 Å². The zero-order valence-electron chi connectivity index (χ0n) is 8.54. The Morgan fingerprint density at radius 1 is 1.08 bits per heavy atom. The van der Waals surface area contributed by atoms with Crippen LogP contribution in [0.2, 0.25) is 0 Å². The Bertz CT molecular complexity index is 119. The first kappa shape index (κ1) is 11.0. The van der Waals surface area contributed by atoms with Crippen molar-refractivity contribution in [2.45, 2.75) is 57.5 Å². The molecule has 1 unspecified atom stereocenters. The van der Waals surface area contributed by atoms with E-state index in [9.17, 15) is 5.11 Å². The zero-order chi connectivity index (χ0) is 9.52. The number of hydrogen-bond acceptors (Lipinski definition) is 2. The molecule has 0 bridgehead atoms. The molecule has 0 aromatic rings. The number of hydrogen-bond donors (Lipinski definition) is 2. The van der Waals surface area contributed by atoms with Crippen molar-refractivity contribution in [2.24, 2.45) is 11.7 Å². The second kappa shape index (κ2) is 6.39. The Kier molecular flexibility index (Phi) is 5.40. The molecule has 1 rings (SSSR count). The number of nitrogens with two attached hydrogens (primary N) is 1. The van der Waals surface area contributed by atoms with Gasteiger partial charge in [-0.2, -0.15) is 0 Å². The van der Waals surface area contributed by atoms with E-state index in [-0.39, 0.29) is 6.10 Å². The molecule has 0 aromatic heterocycles. The van der Waals surface area contributed by atoms with Crippen molar-refractivity contribution in [3.05, 3.63) is 0 Å². The van der Waals surface area contributed by atoms with Crippen molar-refractivity contribution >= 4 is 0 Å². The van der Waals surface area contributed by atoms with Crippen LogP contribution in [0.25, 0.3) is 0 Å². The first-order chi connectivity index (χ1) is 6.34. The van der Waals surface area contributed by atoms with Crippen LogP contribution in [0.3, 0.4) is 0 Å². The smallest absolute Gasteiger partial charge is 0.0580 e. The van der Waals surface area contributed by atoms with Crippen LogP contribution in [0.4, 0.5) is 0 Å². The molecule has 13 heavy (non-hydrogen) atoms. The fourth-order valence-electron chi connectivity index (χ4n) is 2.28. The fourth-order valence-corrected chi connectivity index (χ4v) is 2.28. The number of rotatable bonds is 3. The molecule has 78 valence electrons. The van der Waals surface area contributed by atoms with Gasteiger partial charge < -0.3 is 10.8 Å². The summed E-state index contributed by atoms with van der Waals surface area (Å²) >= 11 is 0. The maximum absolute atomic E-state index is 9.81. The first-order valence-corrected chi connectivity index (χ1v) is 5.72. The summed E-state index contributed by atoms with van der Waals surface area (Å²) in [5.74, 6) is 0.531. The van der Waals surface area contributed by atoms with Gasteiger partial charge in [-0.1, -0.05) is 32.1 Å². The summed E-state index contributed by atoms with van der Waals surface area (Å²) < 4.78 is 0. The van der Waals surface area contributed by atoms with Crippen LogP contribution in [0.5, 0.6) is 0 Å². The van der Waals surface area contributed by atoms with Gasteiger partial charge >= 0.3 is 0 Å². The minimum atomic E-state index is -0.136. The minimum Gasteiger partial charge on any atom is -0.393 e. The zero-order valence-corrected chi connectivity index (χ0v) is 8.54. The summed E-state index contributed by atoms with van der Waals surface area (Å²) in [4.78, 5) is 0. The third-order valence-electron chi connectivity index (χ3n) is 3.16. The quantitative estimate of drug-likeness (QED) is 0.707. The highest BCUT2D eigenvalue weighted by molar-refractivity contribution is 4.71. The van der Waals surface area contributed by atoms with E-state index >= 15 is 0 Å². The highest BCUT2D eigenvalue weighted by Gasteiger charge is 2.18. The lowest BCUT2D eigenvalue weighted by atomic mass is 9.86. The molecule has 0 aliphatic heterocycles. The van der Waals surface area contributed by atoms with E-state index in [1.807, 2.05) is 0 Å². The number of aliphatic hydroxyl groups excluding tert-OH is 1. The van der Waals surface area contributed by atoms with Crippen molar-refractivity contribution in [2.75, 3.05) is 6.54 Å². The Morgan fingerprint density at radius 2 is 1.62 bits per heavy atom. The molecule has 0 spiro atoms. The van der Waals surface area contributed by atoms with Gasteiger partial charge in [0.25, 0.3) is 0 Å². The van der Waals surface area contributed by atoms with Crippen molar-refractivity contribution in [1.82, 2.24) is 0 Å². The molecule has 1 atom stereocenters. The van der Waals surface area contributed by atoms with Gasteiger partial charge in [0.2, 0.25) is 0 Å². The molecule has 1 aliphatic carbocycles. The van der Waals surface area contributed by atoms with E-state index in [4.69, 9.17) is 5.73 Å². The molecular weight excluding hydrogens is 162 g/mol. The predicted octanol–water partition coefficient (Wildman–Crippen LogP) is 2.06. The maximum atomic E-state index is 9.81. The molecule has 2 heteroatoms. The molecule has 0 aromatic carbocycles. The Labute approximate surface area is 81.5 Å². The topological polar surface area (TPSA) is 46.2 Å². The van der Waals surface area contributed by atoms with Crippen LogP contribution in [0.1, 0.15) is 51.4 Å². The average Bonchev–Trinajstić information content (AvgIpc) is 2.03. The van der Waals surface area contributed by atoms with Crippen LogP contribution in [0, 0.1) is 5.92 Å². The lowest BCUT2D eigenvalue weighted by molar-refractivity contribution is 0.0854. The minimum absolute atomic E-state index is 0.136. The highest BCUT2D eigenvalue weighted by atomic mass is 16.3. The van der Waals surface area contributed by atoms with Gasteiger partial charge in [-0.15, -0.1) is 0 Å². The second-order valence-corrected chi connectivity index (χ2v) is 4.25. The van der Waals surface area contributed by atoms with Gasteiger partial charge in [-0.25, -0.2) is 0 Å². The fraction of sp³-hybridized carbons (Fsp3) is 1.00. The van der Waals surface area contributed by atoms with E-state index in [0.717, 1.165) is 6.42 Å². The highest BCUT2D eigenvalue weighted by Crippen LogP contribution is 2.25. The lowest BCUT2D eigenvalue weighted by Gasteiger charge is -2.24. The largest absolute Gasteiger partial charge is 0.393 e. The van der Waals surface area contributed by atoms with Crippen LogP contribution >= 0.6 is 0 Å². The summed E-state index contributed by atoms with van der Waals surface area (Å²) in [5, 5.41) is 9.81. The summed E-state index contributed by atoms with van der Waals surface area (Å²) in [6, 6.07) is 0. The molecule has 0 saturated heterocycles. The average molecular weight is 185 g/mol. The Morgan fingerprint density at radius 3 is 2.15 bits per heavy atom. The van der Waals surface area contributed by atoms with Gasteiger partial charge in [0.05, 0.1) is 6.10 Å². The molecule has 0 heterocycles. The molecule has 3 N–H and O–H groups in total. The van der Waals surface area contributed by atoms with Crippen LogP contribution in [0.15, 0.2) is 0 Å². The Balaban J connectivity index is 2.27. The van der Waals surface area contributed by atoms with E-state index in [1.165, 1.54) is 44.9 Å². The molecule has 0 amide bonds. The van der Waals surface area contributed by atoms with Gasteiger partial charge in [-0.05, 0) is 31.7 Å². The standard InChI is InChI=1S/C11H23NO/c12-9-8-11(13)10-6-4-2-1-3-5-7-10/h10-11,13H,1-9,12H2. The second-order valence-electron chi connectivity index (χ2n) is 4.25. The Hall–Kier alpha value is -0.0800. The summed E-state index contributed by atoms with van der Waals surface area (Å²) in [6.45, 7) is 0.623. The van der Waals surface area contributed by atoms with E-state index in [2.05, 4.69) is 0 Å². The molecular formula is C11H23NO. The van der Waals surface area contributed by atoms with Crippen LogP contribution in [-0.2, 0) is 0 Å². The van der Waals surface area contributed by atoms with Gasteiger partial charge in [0, 0.05) is 0 Å². The summed E-state index contributed by atoms with van der Waals surface area (Å²) in [6.07, 6.45) is 9.76. The van der Waals surface area contributed by atoms with Crippen LogP contribution < -0.4 is 5.73 Å². The third kappa shape index (κ3) is 4.10. The van der Waals surface area contributed by atoms with Crippen molar-refractivity contribution in [1.29, 1.82) is 0 Å². The molecule has 1 fully saturated rings. The molecule has 1 aliphatic rings. The SMILES string of the molecule is NCCC(O)C1CCCCCCC1. The van der Waals surface area contributed by atoms with Crippen molar-refractivity contribution < 1.29 is 5.11 Å². The summed E-state index contributed by atoms with van der Waals surface area (Å²) in [5.41, 5.74) is 5.45. The normalized spacial score (nSPS) is 23.5. The van der Waals surface area contributed by atoms with Crippen molar-refractivity contribution in [3.8, 4) is 0 Å². The van der Waals surface area contributed by atoms with Gasteiger partial charge in [-0.3, -0.25) is 0 Å². The molecule has 1 saturated carbocycles. The summed E-state index contributed by atoms with van der Waals surface area (Å²) in [7, 11) is 0. The first-order valence-electron chi connectivity index (χ1n) is 5.72. The third-order valence-corrected chi connectivity index (χ3v) is 3.16. The van der Waals surface area contributed by atoms with Gasteiger partial charge in [0.15, 0.2) is 0 Å². The van der Waals surface area contributed by atoms with Crippen molar-refractivity contribution in [3.63, 3.8) is 0 Å². The maximum Gasteiger partial charge on any atom is 0.0580 e.